The lowest BCUT2D eigenvalue weighted by molar-refractivity contribution is 0.154. The van der Waals surface area contributed by atoms with Crippen LogP contribution in [0.2, 0.25) is 0 Å². The maximum Gasteiger partial charge on any atom is 0.0144 e. The number of rotatable bonds is 5. The number of hydrogen-bond acceptors (Lipinski definition) is 3. The Labute approximate surface area is 86.5 Å². The van der Waals surface area contributed by atoms with E-state index >= 15 is 0 Å². The van der Waals surface area contributed by atoms with Crippen molar-refractivity contribution in [2.24, 2.45) is 5.92 Å². The standard InChI is InChI=1S/C10H22N3O/c1-2-9-3-6-13(7-4-9)8-5-12-10(11)14/h9-12,14H,2-8H2,1H3/q-1. The zero-order valence-electron chi connectivity index (χ0n) is 9.00. The fraction of sp³-hybridized carbons (Fsp3) is 1.00. The molecule has 0 aromatic rings. The highest BCUT2D eigenvalue weighted by atomic mass is 16.3. The molecule has 1 fully saturated rings. The van der Waals surface area contributed by atoms with Crippen LogP contribution in [0.1, 0.15) is 26.2 Å². The molecule has 4 heteroatoms. The molecule has 84 valence electrons. The Bertz CT molecular complexity index is 144. The molecular formula is C10H22N3O-. The average molecular weight is 200 g/mol. The van der Waals surface area contributed by atoms with Gasteiger partial charge in [-0.05, 0) is 31.8 Å². The summed E-state index contributed by atoms with van der Waals surface area (Å²) >= 11 is 0. The molecule has 0 amide bonds. The van der Waals surface area contributed by atoms with Crippen molar-refractivity contribution in [3.63, 3.8) is 0 Å². The lowest BCUT2D eigenvalue weighted by Gasteiger charge is -2.31. The Balaban J connectivity index is 2.04. The highest BCUT2D eigenvalue weighted by Crippen LogP contribution is 2.19. The van der Waals surface area contributed by atoms with Crippen molar-refractivity contribution in [1.29, 1.82) is 0 Å². The predicted octanol–water partition coefficient (Wildman–Crippen LogP) is 1.03. The first kappa shape index (κ1) is 11.9. The maximum atomic E-state index is 8.70. The summed E-state index contributed by atoms with van der Waals surface area (Å²) < 4.78 is 0. The second kappa shape index (κ2) is 6.35. The zero-order valence-corrected chi connectivity index (χ0v) is 9.00. The summed E-state index contributed by atoms with van der Waals surface area (Å²) in [5.74, 6) is 0.918. The van der Waals surface area contributed by atoms with E-state index in [1.165, 1.54) is 32.4 Å². The molecule has 3 N–H and O–H groups in total. The Morgan fingerprint density at radius 1 is 1.50 bits per heavy atom. The Morgan fingerprint density at radius 3 is 2.64 bits per heavy atom. The predicted molar refractivity (Wildman–Crippen MR) is 57.8 cm³/mol. The molecule has 0 spiro atoms. The van der Waals surface area contributed by atoms with Gasteiger partial charge in [-0.3, -0.25) is 0 Å². The van der Waals surface area contributed by atoms with Gasteiger partial charge in [0.1, 0.15) is 0 Å². The number of likely N-dealkylation sites (tertiary alicyclic amines) is 1. The van der Waals surface area contributed by atoms with Crippen molar-refractivity contribution in [3.05, 3.63) is 5.73 Å². The largest absolute Gasteiger partial charge is 0.639 e. The third-order valence-corrected chi connectivity index (χ3v) is 3.05. The summed E-state index contributed by atoms with van der Waals surface area (Å²) in [6, 6.07) is 0. The van der Waals surface area contributed by atoms with Gasteiger partial charge in [0, 0.05) is 19.4 Å². The minimum atomic E-state index is -1.12. The molecule has 0 radical (unpaired) electrons. The van der Waals surface area contributed by atoms with Crippen molar-refractivity contribution >= 4 is 0 Å². The van der Waals surface area contributed by atoms with Crippen LogP contribution in [0, 0.1) is 5.92 Å². The lowest BCUT2D eigenvalue weighted by atomic mass is 9.94. The van der Waals surface area contributed by atoms with Gasteiger partial charge in [0.05, 0.1) is 0 Å². The van der Waals surface area contributed by atoms with Gasteiger partial charge >= 0.3 is 0 Å². The van der Waals surface area contributed by atoms with Crippen LogP contribution in [-0.2, 0) is 0 Å². The van der Waals surface area contributed by atoms with E-state index in [9.17, 15) is 0 Å². The van der Waals surface area contributed by atoms with Crippen LogP contribution in [0.3, 0.4) is 0 Å². The van der Waals surface area contributed by atoms with Gasteiger partial charge < -0.3 is 21.1 Å². The molecule has 1 rings (SSSR count). The Morgan fingerprint density at radius 2 is 2.14 bits per heavy atom. The quantitative estimate of drug-likeness (QED) is 0.652. The minimum absolute atomic E-state index is 0.710. The monoisotopic (exact) mass is 200 g/mol. The van der Waals surface area contributed by atoms with Crippen molar-refractivity contribution < 1.29 is 5.11 Å². The van der Waals surface area contributed by atoms with Gasteiger partial charge in [-0.15, -0.1) is 0 Å². The first-order valence-corrected chi connectivity index (χ1v) is 5.57. The molecule has 1 saturated heterocycles. The van der Waals surface area contributed by atoms with E-state index in [1.54, 1.807) is 0 Å². The van der Waals surface area contributed by atoms with Crippen LogP contribution in [0.5, 0.6) is 0 Å². The van der Waals surface area contributed by atoms with Crippen LogP contribution < -0.4 is 5.32 Å². The van der Waals surface area contributed by atoms with E-state index in [2.05, 4.69) is 17.1 Å². The fourth-order valence-corrected chi connectivity index (χ4v) is 1.98. The van der Waals surface area contributed by atoms with Crippen LogP contribution >= 0.6 is 0 Å². The van der Waals surface area contributed by atoms with E-state index in [-0.39, 0.29) is 0 Å². The number of hydrogen-bond donors (Lipinski definition) is 2. The third kappa shape index (κ3) is 4.37. The van der Waals surface area contributed by atoms with Gasteiger partial charge in [-0.2, -0.15) is 0 Å². The number of nitrogens with one attached hydrogen (secondary N) is 2. The van der Waals surface area contributed by atoms with Crippen molar-refractivity contribution in [3.8, 4) is 0 Å². The molecule has 1 atom stereocenters. The van der Waals surface area contributed by atoms with Gasteiger partial charge in [0.2, 0.25) is 0 Å². The molecule has 1 unspecified atom stereocenters. The van der Waals surface area contributed by atoms with E-state index in [1.807, 2.05) is 0 Å². The summed E-state index contributed by atoms with van der Waals surface area (Å²) in [7, 11) is 0. The molecular weight excluding hydrogens is 178 g/mol. The second-order valence-electron chi connectivity index (χ2n) is 4.05. The summed E-state index contributed by atoms with van der Waals surface area (Å²) in [5, 5.41) is 11.4. The lowest BCUT2D eigenvalue weighted by Crippen LogP contribution is -2.39. The molecule has 14 heavy (non-hydrogen) atoms. The smallest absolute Gasteiger partial charge is 0.0144 e. The van der Waals surface area contributed by atoms with Gasteiger partial charge in [-0.25, -0.2) is 0 Å². The van der Waals surface area contributed by atoms with Gasteiger partial charge in [-0.1, -0.05) is 13.3 Å². The average Bonchev–Trinajstić information content (AvgIpc) is 2.18. The molecule has 0 aromatic carbocycles. The third-order valence-electron chi connectivity index (χ3n) is 3.05. The van der Waals surface area contributed by atoms with Gasteiger partial charge in [0.25, 0.3) is 0 Å². The molecule has 4 nitrogen and oxygen atoms in total. The molecule has 0 aromatic heterocycles. The topological polar surface area (TPSA) is 59.3 Å². The normalized spacial score (nSPS) is 22.5. The van der Waals surface area contributed by atoms with E-state index in [0.29, 0.717) is 6.54 Å². The molecule has 1 aliphatic rings. The first-order valence-electron chi connectivity index (χ1n) is 5.57. The summed E-state index contributed by atoms with van der Waals surface area (Å²) in [4.78, 5) is 2.40. The number of nitrogens with zero attached hydrogens (tertiary/aromatic N) is 1. The molecule has 1 heterocycles. The zero-order chi connectivity index (χ0) is 10.4. The van der Waals surface area contributed by atoms with Crippen molar-refractivity contribution in [1.82, 2.24) is 10.2 Å². The Kier molecular flexibility index (Phi) is 5.40. The summed E-state index contributed by atoms with van der Waals surface area (Å²) in [5.41, 5.74) is 6.88. The van der Waals surface area contributed by atoms with E-state index in [4.69, 9.17) is 10.8 Å². The molecule has 0 aliphatic carbocycles. The minimum Gasteiger partial charge on any atom is -0.639 e. The highest BCUT2D eigenvalue weighted by molar-refractivity contribution is 4.72. The fourth-order valence-electron chi connectivity index (χ4n) is 1.98. The Hall–Kier alpha value is -0.160. The SMILES string of the molecule is CCC1CCN(CCNC([NH-])O)CC1. The first-order chi connectivity index (χ1) is 6.72. The summed E-state index contributed by atoms with van der Waals surface area (Å²) in [6.45, 7) is 6.27. The maximum absolute atomic E-state index is 8.70. The summed E-state index contributed by atoms with van der Waals surface area (Å²) in [6.07, 6.45) is 2.79. The van der Waals surface area contributed by atoms with Crippen LogP contribution in [0.15, 0.2) is 0 Å². The number of piperidine rings is 1. The van der Waals surface area contributed by atoms with Crippen LogP contribution in [-0.4, -0.2) is 42.5 Å². The second-order valence-corrected chi connectivity index (χ2v) is 4.05. The van der Waals surface area contributed by atoms with Crippen molar-refractivity contribution in [2.75, 3.05) is 26.2 Å². The molecule has 1 aliphatic heterocycles. The number of aliphatic hydroxyl groups excluding tert-OH is 1. The molecule has 0 saturated carbocycles. The number of aliphatic hydroxyl groups is 1. The van der Waals surface area contributed by atoms with Crippen molar-refractivity contribution in [2.45, 2.75) is 32.5 Å². The van der Waals surface area contributed by atoms with Crippen LogP contribution in [0.25, 0.3) is 5.73 Å². The van der Waals surface area contributed by atoms with E-state index < -0.39 is 6.35 Å². The highest BCUT2D eigenvalue weighted by Gasteiger charge is 2.16. The van der Waals surface area contributed by atoms with Gasteiger partial charge in [0.15, 0.2) is 0 Å². The van der Waals surface area contributed by atoms with Crippen LogP contribution in [0.4, 0.5) is 0 Å². The molecule has 0 bridgehead atoms. The van der Waals surface area contributed by atoms with E-state index in [0.717, 1.165) is 12.5 Å².